The molecular weight excluding hydrogens is 358 g/mol. The Balaban J connectivity index is 2.11. The Morgan fingerprint density at radius 1 is 1.14 bits per heavy atom. The Kier molecular flexibility index (Phi) is 6.83. The number of carboxylic acid groups (broad SMARTS) is 1. The van der Waals surface area contributed by atoms with E-state index in [2.05, 4.69) is 15.6 Å². The number of aromatic amines is 1. The normalized spacial score (nSPS) is 12.8. The molecule has 7 heteroatoms. The number of aliphatic carboxylic acids is 1. The Morgan fingerprint density at radius 3 is 2.46 bits per heavy atom. The van der Waals surface area contributed by atoms with Gasteiger partial charge in [-0.1, -0.05) is 32.0 Å². The monoisotopic (exact) mass is 387 g/mol. The third-order valence-electron chi connectivity index (χ3n) is 4.88. The van der Waals surface area contributed by atoms with Gasteiger partial charge in [0.05, 0.1) is 5.41 Å². The first-order chi connectivity index (χ1) is 13.1. The van der Waals surface area contributed by atoms with Crippen LogP contribution in [-0.4, -0.2) is 40.5 Å². The largest absolute Gasteiger partial charge is 0.481 e. The Labute approximate surface area is 164 Å². The first kappa shape index (κ1) is 21.5. The molecule has 1 aromatic carbocycles. The van der Waals surface area contributed by atoms with Gasteiger partial charge in [0.1, 0.15) is 6.04 Å². The molecule has 0 fully saturated rings. The van der Waals surface area contributed by atoms with E-state index in [0.29, 0.717) is 12.8 Å². The number of carbonyl (C=O) groups is 3. The maximum atomic E-state index is 12.7. The van der Waals surface area contributed by atoms with Crippen molar-refractivity contribution in [2.24, 2.45) is 11.3 Å². The van der Waals surface area contributed by atoms with Gasteiger partial charge in [0.15, 0.2) is 0 Å². The lowest BCUT2D eigenvalue weighted by molar-refractivity contribution is -0.147. The zero-order valence-corrected chi connectivity index (χ0v) is 16.8. The van der Waals surface area contributed by atoms with E-state index in [1.54, 1.807) is 27.7 Å². The number of benzene rings is 1. The van der Waals surface area contributed by atoms with Crippen molar-refractivity contribution in [3.63, 3.8) is 0 Å². The SMILES string of the molecule is CC(C)C(=O)NC(Cc1c[nH]c2ccccc12)C(=O)NCCC(C)(C)C(=O)O. The summed E-state index contributed by atoms with van der Waals surface area (Å²) < 4.78 is 0. The van der Waals surface area contributed by atoms with Crippen LogP contribution in [0.25, 0.3) is 10.9 Å². The van der Waals surface area contributed by atoms with Gasteiger partial charge < -0.3 is 20.7 Å². The maximum absolute atomic E-state index is 12.7. The van der Waals surface area contributed by atoms with E-state index in [0.717, 1.165) is 16.5 Å². The van der Waals surface area contributed by atoms with E-state index < -0.39 is 17.4 Å². The second-order valence-electron chi connectivity index (χ2n) is 8.01. The molecule has 1 heterocycles. The average molecular weight is 387 g/mol. The van der Waals surface area contributed by atoms with Crippen LogP contribution in [0.2, 0.25) is 0 Å². The molecule has 0 saturated heterocycles. The van der Waals surface area contributed by atoms with Crippen LogP contribution < -0.4 is 10.6 Å². The quantitative estimate of drug-likeness (QED) is 0.529. The highest BCUT2D eigenvalue weighted by atomic mass is 16.4. The number of H-pyrrole nitrogens is 1. The van der Waals surface area contributed by atoms with Crippen LogP contribution in [0.4, 0.5) is 0 Å². The number of aromatic nitrogens is 1. The Morgan fingerprint density at radius 2 is 1.82 bits per heavy atom. The molecule has 0 saturated carbocycles. The zero-order chi connectivity index (χ0) is 20.9. The molecule has 2 aromatic rings. The molecule has 2 amide bonds. The second-order valence-corrected chi connectivity index (χ2v) is 8.01. The highest BCUT2D eigenvalue weighted by Crippen LogP contribution is 2.20. The Bertz CT molecular complexity index is 854. The smallest absolute Gasteiger partial charge is 0.309 e. The molecule has 0 aliphatic rings. The van der Waals surface area contributed by atoms with Crippen LogP contribution >= 0.6 is 0 Å². The summed E-state index contributed by atoms with van der Waals surface area (Å²) in [6.07, 6.45) is 2.49. The fourth-order valence-corrected chi connectivity index (χ4v) is 2.80. The Hall–Kier alpha value is -2.83. The van der Waals surface area contributed by atoms with Crippen molar-refractivity contribution in [1.29, 1.82) is 0 Å². The number of fused-ring (bicyclic) bond motifs is 1. The number of amides is 2. The topological polar surface area (TPSA) is 111 Å². The van der Waals surface area contributed by atoms with Crippen LogP contribution in [0, 0.1) is 11.3 Å². The first-order valence-corrected chi connectivity index (χ1v) is 9.48. The summed E-state index contributed by atoms with van der Waals surface area (Å²) in [5, 5.41) is 15.8. The summed E-state index contributed by atoms with van der Waals surface area (Å²) in [7, 11) is 0. The van der Waals surface area contributed by atoms with E-state index in [1.165, 1.54) is 0 Å². The molecule has 1 unspecified atom stereocenters. The summed E-state index contributed by atoms with van der Waals surface area (Å²) in [6.45, 7) is 6.99. The predicted molar refractivity (Wildman–Crippen MR) is 108 cm³/mol. The van der Waals surface area contributed by atoms with E-state index in [-0.39, 0.29) is 24.3 Å². The summed E-state index contributed by atoms with van der Waals surface area (Å²) in [5.74, 6) is -1.68. The number of para-hydroxylation sites is 1. The van der Waals surface area contributed by atoms with Crippen molar-refractivity contribution < 1.29 is 19.5 Å². The van der Waals surface area contributed by atoms with Gasteiger partial charge in [0.2, 0.25) is 11.8 Å². The van der Waals surface area contributed by atoms with Crippen LogP contribution in [-0.2, 0) is 20.8 Å². The number of carbonyl (C=O) groups excluding carboxylic acids is 2. The minimum absolute atomic E-state index is 0.203. The molecule has 1 aromatic heterocycles. The number of carboxylic acids is 1. The fourth-order valence-electron chi connectivity index (χ4n) is 2.80. The van der Waals surface area contributed by atoms with Gasteiger partial charge in [0, 0.05) is 36.0 Å². The predicted octanol–water partition coefficient (Wildman–Crippen LogP) is 2.47. The number of rotatable bonds is 9. The number of nitrogens with one attached hydrogen (secondary N) is 3. The lowest BCUT2D eigenvalue weighted by Crippen LogP contribution is -2.49. The standard InChI is InChI=1S/C21H29N3O4/c1-13(2)18(25)24-17(19(26)22-10-9-21(3,4)20(27)28)11-14-12-23-16-8-6-5-7-15(14)16/h5-8,12-13,17,23H,9-11H2,1-4H3,(H,22,26)(H,24,25)(H,27,28). The summed E-state index contributed by atoms with van der Waals surface area (Å²) in [6, 6.07) is 7.04. The van der Waals surface area contributed by atoms with Crippen molar-refractivity contribution in [3.8, 4) is 0 Å². The molecule has 0 spiro atoms. The van der Waals surface area contributed by atoms with Gasteiger partial charge in [-0.3, -0.25) is 14.4 Å². The number of hydrogen-bond acceptors (Lipinski definition) is 3. The molecule has 0 bridgehead atoms. The molecule has 0 aliphatic carbocycles. The van der Waals surface area contributed by atoms with Crippen LogP contribution in [0.1, 0.15) is 39.7 Å². The van der Waals surface area contributed by atoms with Crippen molar-refractivity contribution in [3.05, 3.63) is 36.0 Å². The highest BCUT2D eigenvalue weighted by molar-refractivity contribution is 5.90. The van der Waals surface area contributed by atoms with Crippen molar-refractivity contribution >= 4 is 28.7 Å². The average Bonchev–Trinajstić information content (AvgIpc) is 3.03. The van der Waals surface area contributed by atoms with Crippen LogP contribution in [0.5, 0.6) is 0 Å². The third-order valence-corrected chi connectivity index (χ3v) is 4.88. The molecule has 2 rings (SSSR count). The van der Waals surface area contributed by atoms with Crippen molar-refractivity contribution in [2.75, 3.05) is 6.54 Å². The minimum Gasteiger partial charge on any atom is -0.481 e. The van der Waals surface area contributed by atoms with Gasteiger partial charge in [-0.25, -0.2) is 0 Å². The number of hydrogen-bond donors (Lipinski definition) is 4. The molecule has 4 N–H and O–H groups in total. The van der Waals surface area contributed by atoms with Gasteiger partial charge in [-0.2, -0.15) is 0 Å². The van der Waals surface area contributed by atoms with Gasteiger partial charge in [-0.05, 0) is 31.9 Å². The lowest BCUT2D eigenvalue weighted by Gasteiger charge is -2.22. The maximum Gasteiger partial charge on any atom is 0.309 e. The van der Waals surface area contributed by atoms with Gasteiger partial charge in [0.25, 0.3) is 0 Å². The summed E-state index contributed by atoms with van der Waals surface area (Å²) in [5.41, 5.74) is 0.974. The van der Waals surface area contributed by atoms with E-state index in [4.69, 9.17) is 0 Å². The molecule has 0 radical (unpaired) electrons. The van der Waals surface area contributed by atoms with Crippen molar-refractivity contribution in [1.82, 2.24) is 15.6 Å². The summed E-state index contributed by atoms with van der Waals surface area (Å²) in [4.78, 5) is 39.3. The third kappa shape index (κ3) is 5.34. The first-order valence-electron chi connectivity index (χ1n) is 9.48. The minimum atomic E-state index is -0.930. The highest BCUT2D eigenvalue weighted by Gasteiger charge is 2.28. The lowest BCUT2D eigenvalue weighted by atomic mass is 9.89. The van der Waals surface area contributed by atoms with Crippen molar-refractivity contribution in [2.45, 2.75) is 46.6 Å². The molecule has 152 valence electrons. The summed E-state index contributed by atoms with van der Waals surface area (Å²) >= 11 is 0. The molecule has 28 heavy (non-hydrogen) atoms. The second kappa shape index (κ2) is 8.91. The molecule has 1 atom stereocenters. The van der Waals surface area contributed by atoms with E-state index in [1.807, 2.05) is 30.5 Å². The van der Waals surface area contributed by atoms with E-state index in [9.17, 15) is 19.5 Å². The van der Waals surface area contributed by atoms with E-state index >= 15 is 0 Å². The van der Waals surface area contributed by atoms with Crippen LogP contribution in [0.15, 0.2) is 30.5 Å². The van der Waals surface area contributed by atoms with Crippen LogP contribution in [0.3, 0.4) is 0 Å². The molecule has 7 nitrogen and oxygen atoms in total. The zero-order valence-electron chi connectivity index (χ0n) is 16.8. The van der Waals surface area contributed by atoms with Gasteiger partial charge >= 0.3 is 5.97 Å². The molecular formula is C21H29N3O4. The fraction of sp³-hybridized carbons (Fsp3) is 0.476. The molecule has 0 aliphatic heterocycles. The van der Waals surface area contributed by atoms with Gasteiger partial charge in [-0.15, -0.1) is 0 Å².